The number of halogens is 1. The van der Waals surface area contributed by atoms with Crippen molar-refractivity contribution in [2.75, 3.05) is 27.4 Å². The topological polar surface area (TPSA) is 192 Å². The lowest BCUT2D eigenvalue weighted by Crippen LogP contribution is -2.45. The molecule has 4 rings (SSSR count). The van der Waals surface area contributed by atoms with E-state index in [1.54, 1.807) is 50.2 Å². The summed E-state index contributed by atoms with van der Waals surface area (Å²) in [6, 6.07) is 13.3. The van der Waals surface area contributed by atoms with E-state index < -0.39 is 29.2 Å². The Hall–Kier alpha value is -5.10. The molecular formula is C32H34IN5O10. The highest BCUT2D eigenvalue weighted by atomic mass is 127. The van der Waals surface area contributed by atoms with Crippen molar-refractivity contribution in [1.29, 1.82) is 0 Å². The van der Waals surface area contributed by atoms with E-state index in [1.807, 2.05) is 6.07 Å². The van der Waals surface area contributed by atoms with E-state index in [1.165, 1.54) is 32.6 Å². The van der Waals surface area contributed by atoms with Crippen LogP contribution in [0.15, 0.2) is 71.0 Å². The summed E-state index contributed by atoms with van der Waals surface area (Å²) in [5, 5.41) is 31.0. The van der Waals surface area contributed by atoms with Crippen LogP contribution in [0.4, 0.5) is 10.5 Å². The number of benzene rings is 3. The molecule has 0 saturated carbocycles. The number of hydrazone groups is 1. The van der Waals surface area contributed by atoms with E-state index in [-0.39, 0.29) is 24.5 Å². The lowest BCUT2D eigenvalue weighted by atomic mass is 9.95. The lowest BCUT2D eigenvalue weighted by Gasteiger charge is -2.28. The number of nitrogens with one attached hydrogen (secondary N) is 3. The molecule has 0 saturated heterocycles. The summed E-state index contributed by atoms with van der Waals surface area (Å²) in [4.78, 5) is 35.2. The zero-order chi connectivity index (χ0) is 34.8. The van der Waals surface area contributed by atoms with Gasteiger partial charge in [0.1, 0.15) is 13.2 Å². The van der Waals surface area contributed by atoms with Crippen LogP contribution < -0.4 is 35.0 Å². The van der Waals surface area contributed by atoms with Crippen LogP contribution in [0.5, 0.6) is 23.0 Å². The minimum Gasteiger partial charge on any atom is -0.493 e. The van der Waals surface area contributed by atoms with Gasteiger partial charge in [-0.15, -0.1) is 0 Å². The molecule has 254 valence electrons. The molecule has 1 aliphatic rings. The van der Waals surface area contributed by atoms with Gasteiger partial charge in [-0.2, -0.15) is 5.10 Å². The molecule has 2 atom stereocenters. The number of hydrogen-bond donors (Lipinski definition) is 4. The molecule has 15 nitrogen and oxygen atoms in total. The van der Waals surface area contributed by atoms with E-state index in [4.69, 9.17) is 23.7 Å². The second-order valence-corrected chi connectivity index (χ2v) is 11.4. The Morgan fingerprint density at radius 1 is 1.10 bits per heavy atom. The largest absolute Gasteiger partial charge is 0.493 e. The van der Waals surface area contributed by atoms with Crippen LogP contribution in [0.25, 0.3) is 0 Å². The second kappa shape index (κ2) is 16.6. The van der Waals surface area contributed by atoms with Crippen molar-refractivity contribution in [2.45, 2.75) is 32.7 Å². The van der Waals surface area contributed by atoms with E-state index in [2.05, 4.69) is 43.8 Å². The van der Waals surface area contributed by atoms with Crippen LogP contribution in [0.3, 0.4) is 0 Å². The molecule has 0 aliphatic carbocycles. The van der Waals surface area contributed by atoms with Crippen LogP contribution in [0.2, 0.25) is 0 Å². The van der Waals surface area contributed by atoms with Crippen molar-refractivity contribution < 1.29 is 43.3 Å². The smallest absolute Gasteiger partial charge is 0.337 e. The minimum absolute atomic E-state index is 0.0212. The van der Waals surface area contributed by atoms with Gasteiger partial charge in [-0.3, -0.25) is 15.5 Å². The van der Waals surface area contributed by atoms with E-state index >= 15 is 0 Å². The van der Waals surface area contributed by atoms with Crippen molar-refractivity contribution >= 4 is 46.5 Å². The van der Waals surface area contributed by atoms with Crippen molar-refractivity contribution in [3.8, 4) is 23.0 Å². The van der Waals surface area contributed by atoms with Crippen LogP contribution in [-0.2, 0) is 16.1 Å². The fourth-order valence-corrected chi connectivity index (χ4v) is 5.29. The molecule has 0 bridgehead atoms. The zero-order valence-corrected chi connectivity index (χ0v) is 28.6. The molecule has 0 unspecified atom stereocenters. The number of methoxy groups -OCH3 is 2. The number of rotatable bonds is 15. The maximum absolute atomic E-state index is 12.5. The Labute approximate surface area is 289 Å². The first-order valence-electron chi connectivity index (χ1n) is 14.5. The van der Waals surface area contributed by atoms with Gasteiger partial charge in [0.2, 0.25) is 0 Å². The van der Waals surface area contributed by atoms with Crippen LogP contribution >= 0.6 is 22.6 Å². The number of hydrogen-bond acceptors (Lipinski definition) is 12. The summed E-state index contributed by atoms with van der Waals surface area (Å²) in [7, 11) is 2.77. The van der Waals surface area contributed by atoms with Crippen molar-refractivity contribution in [3.05, 3.63) is 96.2 Å². The number of amides is 2. The number of ether oxygens (including phenoxy) is 5. The molecule has 1 heterocycles. The fourth-order valence-electron chi connectivity index (χ4n) is 4.68. The molecule has 2 amide bonds. The van der Waals surface area contributed by atoms with Crippen molar-refractivity contribution in [1.82, 2.24) is 16.1 Å². The second-order valence-electron chi connectivity index (χ2n) is 10.2. The quantitative estimate of drug-likeness (QED) is 0.0430. The average Bonchev–Trinajstić information content (AvgIpc) is 3.06. The van der Waals surface area contributed by atoms with Crippen LogP contribution in [0.1, 0.15) is 36.6 Å². The number of carbonyl (C=O) groups excluding carboxylic acids is 2. The van der Waals surface area contributed by atoms with Gasteiger partial charge in [0.05, 0.1) is 43.6 Å². The van der Waals surface area contributed by atoms with Gasteiger partial charge >= 0.3 is 12.0 Å². The highest BCUT2D eigenvalue weighted by Gasteiger charge is 2.32. The molecule has 3 aromatic rings. The average molecular weight is 776 g/mol. The molecule has 1 aliphatic heterocycles. The molecule has 0 spiro atoms. The Kier molecular flexibility index (Phi) is 12.4. The monoisotopic (exact) mass is 775 g/mol. The lowest BCUT2D eigenvalue weighted by molar-refractivity contribution is -0.384. The molecule has 0 aromatic heterocycles. The third-order valence-electron chi connectivity index (χ3n) is 6.90. The van der Waals surface area contributed by atoms with Crippen LogP contribution in [0, 0.1) is 13.7 Å². The number of non-ortho nitro benzene ring substituents is 1. The summed E-state index contributed by atoms with van der Waals surface area (Å²) in [5.74, 6) is 0.898. The number of aliphatic hydroxyl groups is 1. The standard InChI is InChI=1S/C32H34IN5O10/c1-5-46-25-13-20(29-28(31(40)45-4)18(2)35-32(41)36-29)8-11-24(25)47-17-27(39)37-34-15-21-12-22(33)14-26(44-3)30(21)48-16-19-6-9-23(10-7-19)38(42)43/h6-15,27,29,37,39H,5,16-17H2,1-4H3,(H2,35,36,41)/b34-15+/t27-,29+/m1/s1. The molecule has 16 heteroatoms. The number of carbonyl (C=O) groups is 2. The Bertz CT molecular complexity index is 1710. The Morgan fingerprint density at radius 2 is 1.85 bits per heavy atom. The summed E-state index contributed by atoms with van der Waals surface area (Å²) >= 11 is 2.13. The molecule has 0 fully saturated rings. The molecule has 48 heavy (non-hydrogen) atoms. The first kappa shape index (κ1) is 35.7. The summed E-state index contributed by atoms with van der Waals surface area (Å²) in [6.45, 7) is 3.61. The molecule has 4 N–H and O–H groups in total. The Morgan fingerprint density at radius 3 is 2.52 bits per heavy atom. The van der Waals surface area contributed by atoms with Crippen LogP contribution in [-0.4, -0.2) is 61.9 Å². The maximum atomic E-state index is 12.5. The fraction of sp³-hybridized carbons (Fsp3) is 0.281. The zero-order valence-electron chi connectivity index (χ0n) is 26.4. The number of nitrogens with zero attached hydrogens (tertiary/aromatic N) is 2. The molecular weight excluding hydrogens is 741 g/mol. The highest BCUT2D eigenvalue weighted by Crippen LogP contribution is 2.35. The first-order valence-corrected chi connectivity index (χ1v) is 15.6. The van der Waals surface area contributed by atoms with E-state index in [0.717, 1.165) is 3.57 Å². The number of nitro benzene ring substituents is 1. The number of nitro groups is 1. The van der Waals surface area contributed by atoms with Crippen molar-refractivity contribution in [2.24, 2.45) is 5.10 Å². The first-order chi connectivity index (χ1) is 23.0. The molecule has 3 aromatic carbocycles. The van der Waals surface area contributed by atoms with Gasteiger partial charge < -0.3 is 39.4 Å². The predicted molar refractivity (Wildman–Crippen MR) is 182 cm³/mol. The Balaban J connectivity index is 1.44. The maximum Gasteiger partial charge on any atom is 0.337 e. The van der Waals surface area contributed by atoms with Gasteiger partial charge in [0, 0.05) is 27.0 Å². The molecule has 0 radical (unpaired) electrons. The van der Waals surface area contributed by atoms with Gasteiger partial charge in [0.25, 0.3) is 5.69 Å². The van der Waals surface area contributed by atoms with E-state index in [0.29, 0.717) is 52.0 Å². The number of esters is 1. The SMILES string of the molecule is CCOc1cc([C@@H]2NC(=O)NC(C)=C2C(=O)OC)ccc1OC[C@@H](O)N/N=C/c1cc(I)cc(OC)c1OCc1ccc([N+](=O)[O-])cc1. The van der Waals surface area contributed by atoms with Gasteiger partial charge in [-0.1, -0.05) is 6.07 Å². The number of aliphatic hydroxyl groups excluding tert-OH is 1. The van der Waals surface area contributed by atoms with Gasteiger partial charge in [-0.25, -0.2) is 9.59 Å². The van der Waals surface area contributed by atoms with Gasteiger partial charge in [0.15, 0.2) is 29.2 Å². The van der Waals surface area contributed by atoms with Gasteiger partial charge in [-0.05, 0) is 84.0 Å². The minimum atomic E-state index is -1.23. The summed E-state index contributed by atoms with van der Waals surface area (Å²) < 4.78 is 28.9. The number of urea groups is 1. The summed E-state index contributed by atoms with van der Waals surface area (Å²) in [6.07, 6.45) is 0.228. The summed E-state index contributed by atoms with van der Waals surface area (Å²) in [5.41, 5.74) is 5.03. The number of allylic oxidation sites excluding steroid dienone is 1. The van der Waals surface area contributed by atoms with E-state index in [9.17, 15) is 24.8 Å². The predicted octanol–water partition coefficient (Wildman–Crippen LogP) is 4.31. The highest BCUT2D eigenvalue weighted by molar-refractivity contribution is 14.1. The third kappa shape index (κ3) is 9.03. The normalized spacial score (nSPS) is 14.9. The third-order valence-corrected chi connectivity index (χ3v) is 7.52. The van der Waals surface area contributed by atoms with Crippen molar-refractivity contribution in [3.63, 3.8) is 0 Å².